The molecule has 0 aromatic heterocycles. The molecule has 0 radical (unpaired) electrons. The maximum absolute atomic E-state index is 14.3. The van der Waals surface area contributed by atoms with E-state index in [9.17, 15) is 30.8 Å². The standard InChI is InChI=1S/C26H19F4NO3S/c1-16-2-6-23(7-3-16)35(33,34)31-14-19(10-17-12-21(27)4-8-24(17)29)26(32)20(15-31)11-18-13-22(28)5-9-25(18)30/h2-13H,14-15H2,1H3/b19-10+,20-11+. The zero-order chi connectivity index (χ0) is 25.3. The largest absolute Gasteiger partial charge is 0.289 e. The highest BCUT2D eigenvalue weighted by molar-refractivity contribution is 7.89. The van der Waals surface area contributed by atoms with Crippen LogP contribution in [0.2, 0.25) is 0 Å². The van der Waals surface area contributed by atoms with Crippen LogP contribution in [0.3, 0.4) is 0 Å². The fraction of sp³-hybridized carbons (Fsp3) is 0.115. The second-order valence-electron chi connectivity index (χ2n) is 8.09. The zero-order valence-electron chi connectivity index (χ0n) is 18.4. The molecule has 4 rings (SSSR count). The second kappa shape index (κ2) is 9.59. The molecule has 4 nitrogen and oxygen atoms in total. The quantitative estimate of drug-likeness (QED) is 0.361. The first-order chi connectivity index (χ1) is 16.5. The third-order valence-electron chi connectivity index (χ3n) is 5.51. The van der Waals surface area contributed by atoms with Gasteiger partial charge in [-0.15, -0.1) is 0 Å². The zero-order valence-corrected chi connectivity index (χ0v) is 19.3. The number of aryl methyl sites for hydroxylation is 1. The van der Waals surface area contributed by atoms with E-state index < -0.39 is 52.2 Å². The molecule has 1 aliphatic heterocycles. The Morgan fingerprint density at radius 1 is 0.743 bits per heavy atom. The first-order valence-electron chi connectivity index (χ1n) is 10.5. The Balaban J connectivity index is 1.84. The number of piperidine rings is 1. The van der Waals surface area contributed by atoms with Crippen molar-refractivity contribution in [1.29, 1.82) is 0 Å². The van der Waals surface area contributed by atoms with E-state index in [1.807, 2.05) is 0 Å². The maximum atomic E-state index is 14.3. The Morgan fingerprint density at radius 3 is 1.66 bits per heavy atom. The molecular weight excluding hydrogens is 482 g/mol. The lowest BCUT2D eigenvalue weighted by Crippen LogP contribution is -2.41. The number of halogens is 4. The summed E-state index contributed by atoms with van der Waals surface area (Å²) in [6.45, 7) is 0.945. The molecule has 3 aromatic carbocycles. The van der Waals surface area contributed by atoms with Gasteiger partial charge in [-0.3, -0.25) is 4.79 Å². The lowest BCUT2D eigenvalue weighted by atomic mass is 9.95. The number of hydrogen-bond acceptors (Lipinski definition) is 3. The van der Waals surface area contributed by atoms with Crippen molar-refractivity contribution in [1.82, 2.24) is 4.31 Å². The number of Topliss-reactive ketones (excluding diaryl/α,β-unsaturated/α-hetero) is 1. The Hall–Kier alpha value is -3.56. The first-order valence-corrected chi connectivity index (χ1v) is 11.9. The summed E-state index contributed by atoms with van der Waals surface area (Å²) in [6, 6.07) is 11.4. The van der Waals surface area contributed by atoms with Crippen LogP contribution in [-0.4, -0.2) is 31.6 Å². The molecule has 1 aliphatic rings. The van der Waals surface area contributed by atoms with Crippen LogP contribution < -0.4 is 0 Å². The fourth-order valence-corrected chi connectivity index (χ4v) is 5.06. The van der Waals surface area contributed by atoms with Crippen molar-refractivity contribution < 1.29 is 30.8 Å². The highest BCUT2D eigenvalue weighted by Gasteiger charge is 2.34. The van der Waals surface area contributed by atoms with Crippen LogP contribution >= 0.6 is 0 Å². The normalized spacial score (nSPS) is 17.3. The van der Waals surface area contributed by atoms with Crippen molar-refractivity contribution in [2.24, 2.45) is 0 Å². The fourth-order valence-electron chi connectivity index (χ4n) is 3.66. The lowest BCUT2D eigenvalue weighted by Gasteiger charge is -2.29. The van der Waals surface area contributed by atoms with E-state index in [2.05, 4.69) is 0 Å². The second-order valence-corrected chi connectivity index (χ2v) is 10.0. The van der Waals surface area contributed by atoms with Gasteiger partial charge in [0.1, 0.15) is 23.3 Å². The van der Waals surface area contributed by atoms with E-state index in [-0.39, 0.29) is 27.2 Å². The summed E-state index contributed by atoms with van der Waals surface area (Å²) in [5.41, 5.74) is 0.0273. The number of nitrogens with zero attached hydrogens (tertiary/aromatic N) is 1. The van der Waals surface area contributed by atoms with Gasteiger partial charge in [-0.25, -0.2) is 26.0 Å². The number of carbonyl (C=O) groups is 1. The molecule has 0 amide bonds. The molecule has 1 fully saturated rings. The van der Waals surface area contributed by atoms with Crippen LogP contribution in [0.15, 0.2) is 76.7 Å². The van der Waals surface area contributed by atoms with Gasteiger partial charge in [0.15, 0.2) is 5.78 Å². The Kier molecular flexibility index (Phi) is 6.73. The average Bonchev–Trinajstić information content (AvgIpc) is 2.81. The summed E-state index contributed by atoms with van der Waals surface area (Å²) in [6.07, 6.45) is 2.13. The predicted octanol–water partition coefficient (Wildman–Crippen LogP) is 5.29. The SMILES string of the molecule is Cc1ccc(S(=O)(=O)N2C/C(=C\c3cc(F)ccc3F)C(=O)/C(=C/c3cc(F)ccc3F)C2)cc1. The highest BCUT2D eigenvalue weighted by atomic mass is 32.2. The number of ketones is 1. The predicted molar refractivity (Wildman–Crippen MR) is 124 cm³/mol. The molecule has 0 unspecified atom stereocenters. The van der Waals surface area contributed by atoms with Gasteiger partial charge >= 0.3 is 0 Å². The third kappa shape index (κ3) is 5.26. The van der Waals surface area contributed by atoms with Gasteiger partial charge in [-0.1, -0.05) is 17.7 Å². The van der Waals surface area contributed by atoms with Crippen molar-refractivity contribution in [3.63, 3.8) is 0 Å². The molecule has 0 bridgehead atoms. The third-order valence-corrected chi connectivity index (χ3v) is 7.32. The molecule has 1 saturated heterocycles. The minimum atomic E-state index is -4.13. The molecule has 1 heterocycles. The van der Waals surface area contributed by atoms with E-state index in [4.69, 9.17) is 0 Å². The highest BCUT2D eigenvalue weighted by Crippen LogP contribution is 2.28. The Labute approximate surface area is 199 Å². The Morgan fingerprint density at radius 2 is 1.20 bits per heavy atom. The summed E-state index contributed by atoms with van der Waals surface area (Å²) in [4.78, 5) is 13.2. The number of carbonyl (C=O) groups excluding carboxylic acids is 1. The van der Waals surface area contributed by atoms with Crippen LogP contribution in [0.1, 0.15) is 16.7 Å². The van der Waals surface area contributed by atoms with E-state index in [0.717, 1.165) is 58.4 Å². The molecular formula is C26H19F4NO3S. The monoisotopic (exact) mass is 501 g/mol. The topological polar surface area (TPSA) is 54.5 Å². The molecule has 0 spiro atoms. The average molecular weight is 502 g/mol. The van der Waals surface area contributed by atoms with Gasteiger partial charge in [0.25, 0.3) is 0 Å². The molecule has 0 aliphatic carbocycles. The summed E-state index contributed by atoms with van der Waals surface area (Å²) in [5.74, 6) is -3.81. The van der Waals surface area contributed by atoms with Gasteiger partial charge in [0.05, 0.1) is 4.90 Å². The van der Waals surface area contributed by atoms with Crippen LogP contribution in [-0.2, 0) is 14.8 Å². The molecule has 9 heteroatoms. The maximum Gasteiger partial charge on any atom is 0.243 e. The number of hydrogen-bond donors (Lipinski definition) is 0. The molecule has 180 valence electrons. The van der Waals surface area contributed by atoms with Gasteiger partial charge in [-0.05, 0) is 67.6 Å². The summed E-state index contributed by atoms with van der Waals surface area (Å²) >= 11 is 0. The van der Waals surface area contributed by atoms with Crippen LogP contribution in [0.25, 0.3) is 12.2 Å². The first kappa shape index (κ1) is 24.6. The van der Waals surface area contributed by atoms with Crippen LogP contribution in [0, 0.1) is 30.2 Å². The van der Waals surface area contributed by atoms with E-state index in [1.165, 1.54) is 12.1 Å². The summed E-state index contributed by atoms with van der Waals surface area (Å²) in [5, 5.41) is 0. The van der Waals surface area contributed by atoms with Crippen molar-refractivity contribution in [3.05, 3.63) is 112 Å². The number of sulfonamides is 1. The molecule has 0 atom stereocenters. The van der Waals surface area contributed by atoms with E-state index in [0.29, 0.717) is 0 Å². The summed E-state index contributed by atoms with van der Waals surface area (Å²) in [7, 11) is -4.13. The van der Waals surface area contributed by atoms with Crippen molar-refractivity contribution in [3.8, 4) is 0 Å². The molecule has 3 aromatic rings. The minimum Gasteiger partial charge on any atom is -0.289 e. The van der Waals surface area contributed by atoms with Crippen molar-refractivity contribution >= 4 is 28.0 Å². The van der Waals surface area contributed by atoms with Gasteiger partial charge in [-0.2, -0.15) is 4.31 Å². The van der Waals surface area contributed by atoms with Crippen LogP contribution in [0.4, 0.5) is 17.6 Å². The van der Waals surface area contributed by atoms with Gasteiger partial charge < -0.3 is 0 Å². The molecule has 0 saturated carbocycles. The molecule has 35 heavy (non-hydrogen) atoms. The van der Waals surface area contributed by atoms with Gasteiger partial charge in [0.2, 0.25) is 10.0 Å². The lowest BCUT2D eigenvalue weighted by molar-refractivity contribution is -0.113. The minimum absolute atomic E-state index is 0.0370. The van der Waals surface area contributed by atoms with E-state index in [1.54, 1.807) is 19.1 Å². The molecule has 0 N–H and O–H groups in total. The number of rotatable bonds is 4. The van der Waals surface area contributed by atoms with Crippen molar-refractivity contribution in [2.75, 3.05) is 13.1 Å². The number of benzene rings is 3. The van der Waals surface area contributed by atoms with Crippen LogP contribution in [0.5, 0.6) is 0 Å². The van der Waals surface area contributed by atoms with E-state index >= 15 is 0 Å². The van der Waals surface area contributed by atoms with Gasteiger partial charge in [0, 0.05) is 35.4 Å². The Bertz CT molecular complexity index is 1410. The van der Waals surface area contributed by atoms with Crippen molar-refractivity contribution in [2.45, 2.75) is 11.8 Å². The smallest absolute Gasteiger partial charge is 0.243 e. The summed E-state index contributed by atoms with van der Waals surface area (Å²) < 4.78 is 83.6.